The number of para-hydroxylation sites is 1. The lowest BCUT2D eigenvalue weighted by atomic mass is 10.1. The molecule has 236 valence electrons. The molecule has 5 rings (SSSR count). The zero-order valence-corrected chi connectivity index (χ0v) is 25.4. The smallest absolute Gasteiger partial charge is 0.326 e. The summed E-state index contributed by atoms with van der Waals surface area (Å²) in [5.74, 6) is -0.136. The van der Waals surface area contributed by atoms with Crippen LogP contribution in [0.2, 0.25) is 0 Å². The molecule has 1 aliphatic rings. The van der Waals surface area contributed by atoms with Gasteiger partial charge in [-0.3, -0.25) is 19.8 Å². The summed E-state index contributed by atoms with van der Waals surface area (Å²) in [6, 6.07) is 17.2. The highest BCUT2D eigenvalue weighted by atomic mass is 32.2. The normalized spacial score (nSPS) is 13.8. The zero-order chi connectivity index (χ0) is 31.8. The molecule has 4 aromatic rings. The first kappa shape index (κ1) is 31.3. The Morgan fingerprint density at radius 3 is 2.64 bits per heavy atom. The van der Waals surface area contributed by atoms with Crippen molar-refractivity contribution in [2.24, 2.45) is 4.99 Å². The fourth-order valence-corrected chi connectivity index (χ4v) is 5.72. The Hall–Kier alpha value is -5.11. The lowest BCUT2D eigenvalue weighted by Gasteiger charge is -2.15. The number of aryl methyl sites for hydroxylation is 1. The molecule has 0 aliphatic carbocycles. The van der Waals surface area contributed by atoms with Gasteiger partial charge < -0.3 is 24.9 Å². The standard InChI is InChI=1S/C31H34N6O7S/c1-20-6-2-3-7-24(20)37-45(41,42)23-13-14-27-25(19-23)34-31(44-27)35-26(29(39)40)18-21-9-11-22(12-10-21)43-17-4-8-28(38)36-30-32-15-5-16-33-30/h2-3,6-7,9-14,19,26,37H,4-5,8,15-18H2,1H3,(H,34,35)(H,39,40)(H2,32,33,36,38)/t26-/m0/s1. The molecule has 0 radical (unpaired) electrons. The second-order valence-electron chi connectivity index (χ2n) is 10.5. The molecule has 3 aromatic carbocycles. The Bertz CT molecular complexity index is 1800. The third-order valence-corrected chi connectivity index (χ3v) is 8.35. The largest absolute Gasteiger partial charge is 0.494 e. The number of nitrogens with zero attached hydrogens (tertiary/aromatic N) is 2. The van der Waals surface area contributed by atoms with Gasteiger partial charge in [-0.25, -0.2) is 13.2 Å². The van der Waals surface area contributed by atoms with Crippen molar-refractivity contribution in [3.05, 3.63) is 77.9 Å². The summed E-state index contributed by atoms with van der Waals surface area (Å²) in [5, 5.41) is 18.4. The van der Waals surface area contributed by atoms with Crippen molar-refractivity contribution in [3.63, 3.8) is 0 Å². The van der Waals surface area contributed by atoms with Crippen LogP contribution in [-0.4, -0.2) is 62.1 Å². The Morgan fingerprint density at radius 1 is 1.11 bits per heavy atom. The Balaban J connectivity index is 1.14. The number of aliphatic carboxylic acids is 1. The molecule has 14 heteroatoms. The van der Waals surface area contributed by atoms with Gasteiger partial charge in [-0.15, -0.1) is 0 Å². The number of aromatic nitrogens is 1. The van der Waals surface area contributed by atoms with Gasteiger partial charge in [-0.1, -0.05) is 30.3 Å². The molecule has 0 bridgehead atoms. The Morgan fingerprint density at radius 2 is 1.91 bits per heavy atom. The van der Waals surface area contributed by atoms with Crippen LogP contribution in [0.25, 0.3) is 11.1 Å². The quantitative estimate of drug-likeness (QED) is 0.136. The minimum Gasteiger partial charge on any atom is -0.494 e. The van der Waals surface area contributed by atoms with E-state index in [9.17, 15) is 23.1 Å². The number of hydrogen-bond acceptors (Lipinski definition) is 10. The van der Waals surface area contributed by atoms with Gasteiger partial charge in [0.1, 0.15) is 17.3 Å². The van der Waals surface area contributed by atoms with Crippen LogP contribution in [0.3, 0.4) is 0 Å². The van der Waals surface area contributed by atoms with Crippen LogP contribution < -0.4 is 25.4 Å². The van der Waals surface area contributed by atoms with Gasteiger partial charge in [0, 0.05) is 25.9 Å². The molecule has 1 aromatic heterocycles. The lowest BCUT2D eigenvalue weighted by molar-refractivity contribution is -0.138. The number of sulfonamides is 1. The summed E-state index contributed by atoms with van der Waals surface area (Å²) in [4.78, 5) is 32.6. The van der Waals surface area contributed by atoms with Gasteiger partial charge in [0.25, 0.3) is 16.0 Å². The van der Waals surface area contributed by atoms with Crippen molar-refractivity contribution in [1.29, 1.82) is 0 Å². The summed E-state index contributed by atoms with van der Waals surface area (Å²) in [5.41, 5.74) is 2.53. The molecule has 1 aliphatic heterocycles. The van der Waals surface area contributed by atoms with Gasteiger partial charge >= 0.3 is 5.97 Å². The van der Waals surface area contributed by atoms with Gasteiger partial charge in [0.2, 0.25) is 5.91 Å². The van der Waals surface area contributed by atoms with Crippen molar-refractivity contribution in [3.8, 4) is 5.75 Å². The van der Waals surface area contributed by atoms with Crippen molar-refractivity contribution in [2.45, 2.75) is 43.5 Å². The predicted molar refractivity (Wildman–Crippen MR) is 169 cm³/mol. The molecule has 0 saturated carbocycles. The first-order chi connectivity index (χ1) is 21.7. The second kappa shape index (κ2) is 14.1. The monoisotopic (exact) mass is 634 g/mol. The van der Waals surface area contributed by atoms with Gasteiger partial charge in [0.15, 0.2) is 11.5 Å². The number of carbonyl (C=O) groups is 2. The Labute approximate surface area is 260 Å². The number of carboxylic acids is 1. The first-order valence-corrected chi connectivity index (χ1v) is 15.9. The summed E-state index contributed by atoms with van der Waals surface area (Å²) >= 11 is 0. The number of carboxylic acid groups (broad SMARTS) is 1. The molecule has 5 N–H and O–H groups in total. The minimum atomic E-state index is -3.90. The number of guanidine groups is 1. The van der Waals surface area contributed by atoms with E-state index in [1.807, 2.05) is 6.07 Å². The van der Waals surface area contributed by atoms with Crippen LogP contribution in [0, 0.1) is 6.92 Å². The molecule has 45 heavy (non-hydrogen) atoms. The van der Waals surface area contributed by atoms with Gasteiger partial charge in [-0.2, -0.15) is 4.98 Å². The molecule has 0 saturated heterocycles. The fourth-order valence-electron chi connectivity index (χ4n) is 4.57. The van der Waals surface area contributed by atoms with Crippen LogP contribution in [0.5, 0.6) is 5.75 Å². The number of amides is 1. The van der Waals surface area contributed by atoms with Crippen LogP contribution >= 0.6 is 0 Å². The van der Waals surface area contributed by atoms with E-state index in [2.05, 4.69) is 30.6 Å². The molecule has 1 atom stereocenters. The second-order valence-corrected chi connectivity index (χ2v) is 12.1. The fraction of sp³-hybridized carbons (Fsp3) is 0.290. The number of anilines is 2. The van der Waals surface area contributed by atoms with E-state index in [4.69, 9.17) is 9.15 Å². The molecule has 2 heterocycles. The average Bonchev–Trinajstić information content (AvgIpc) is 3.43. The van der Waals surface area contributed by atoms with Gasteiger partial charge in [0.05, 0.1) is 17.2 Å². The third kappa shape index (κ3) is 8.50. The molecular formula is C31H34N6O7S. The summed E-state index contributed by atoms with van der Waals surface area (Å²) in [7, 11) is -3.90. The van der Waals surface area contributed by atoms with Crippen LogP contribution in [0.1, 0.15) is 30.4 Å². The summed E-state index contributed by atoms with van der Waals surface area (Å²) < 4.78 is 39.9. The van der Waals surface area contributed by atoms with E-state index in [1.54, 1.807) is 49.4 Å². The summed E-state index contributed by atoms with van der Waals surface area (Å²) in [6.07, 6.45) is 1.88. The summed E-state index contributed by atoms with van der Waals surface area (Å²) in [6.45, 7) is 3.64. The molecule has 0 unspecified atom stereocenters. The first-order valence-electron chi connectivity index (χ1n) is 14.4. The highest BCUT2D eigenvalue weighted by molar-refractivity contribution is 7.92. The van der Waals surface area contributed by atoms with Crippen molar-refractivity contribution in [2.75, 3.05) is 29.7 Å². The molecule has 0 fully saturated rings. The average molecular weight is 635 g/mol. The topological polar surface area (TPSA) is 184 Å². The lowest BCUT2D eigenvalue weighted by Crippen LogP contribution is -2.43. The zero-order valence-electron chi connectivity index (χ0n) is 24.6. The maximum atomic E-state index is 13.0. The predicted octanol–water partition coefficient (Wildman–Crippen LogP) is 3.67. The number of fused-ring (bicyclic) bond motifs is 1. The number of carbonyl (C=O) groups excluding carboxylic acids is 1. The maximum Gasteiger partial charge on any atom is 0.326 e. The van der Waals surface area contributed by atoms with Crippen molar-refractivity contribution < 1.29 is 32.3 Å². The SMILES string of the molecule is Cc1ccccc1NS(=O)(=O)c1ccc2oc(N[C@@H](Cc3ccc(OCCCC(=O)NC4=NCCCN4)cc3)C(=O)O)nc2c1. The number of hydrogen-bond donors (Lipinski definition) is 5. The van der Waals surface area contributed by atoms with E-state index >= 15 is 0 Å². The van der Waals surface area contributed by atoms with E-state index in [1.165, 1.54) is 18.2 Å². The number of nitrogens with one attached hydrogen (secondary N) is 4. The Kier molecular flexibility index (Phi) is 9.82. The third-order valence-electron chi connectivity index (χ3n) is 6.99. The highest BCUT2D eigenvalue weighted by Gasteiger charge is 2.22. The van der Waals surface area contributed by atoms with Crippen molar-refractivity contribution in [1.82, 2.24) is 15.6 Å². The molecule has 1 amide bonds. The highest BCUT2D eigenvalue weighted by Crippen LogP contribution is 2.25. The van der Waals surface area contributed by atoms with Gasteiger partial charge in [-0.05, 0) is 67.3 Å². The van der Waals surface area contributed by atoms with Crippen LogP contribution in [0.4, 0.5) is 11.7 Å². The number of aliphatic imine (C=N–C) groups is 1. The number of oxazole rings is 1. The maximum absolute atomic E-state index is 13.0. The molecule has 0 spiro atoms. The van der Waals surface area contributed by atoms with E-state index < -0.39 is 22.0 Å². The number of rotatable bonds is 13. The molecule has 13 nitrogen and oxygen atoms in total. The van der Waals surface area contributed by atoms with E-state index in [-0.39, 0.29) is 28.8 Å². The van der Waals surface area contributed by atoms with Crippen molar-refractivity contribution >= 4 is 50.7 Å². The van der Waals surface area contributed by atoms with E-state index in [0.29, 0.717) is 49.0 Å². The number of ether oxygens (including phenoxy) is 1. The van der Waals surface area contributed by atoms with Crippen LogP contribution in [-0.2, 0) is 26.0 Å². The minimum absolute atomic E-state index is 0.00911. The molecular weight excluding hydrogens is 600 g/mol. The van der Waals surface area contributed by atoms with Crippen LogP contribution in [0.15, 0.2) is 81.0 Å². The van der Waals surface area contributed by atoms with E-state index in [0.717, 1.165) is 24.1 Å². The number of benzene rings is 3.